The lowest BCUT2D eigenvalue weighted by atomic mass is 9.97. The van der Waals surface area contributed by atoms with Gasteiger partial charge in [-0.05, 0) is 50.3 Å². The predicted octanol–water partition coefficient (Wildman–Crippen LogP) is 3.67. The van der Waals surface area contributed by atoms with Crippen LogP contribution in [0.5, 0.6) is 0 Å². The lowest BCUT2D eigenvalue weighted by Crippen LogP contribution is -2.35. The highest BCUT2D eigenvalue weighted by Gasteiger charge is 2.22. The summed E-state index contributed by atoms with van der Waals surface area (Å²) < 4.78 is 5.33. The van der Waals surface area contributed by atoms with Crippen LogP contribution in [0.3, 0.4) is 0 Å². The topological polar surface area (TPSA) is 70.7 Å². The van der Waals surface area contributed by atoms with E-state index in [1.807, 2.05) is 32.9 Å². The Balaban J connectivity index is 2.16. The van der Waals surface area contributed by atoms with Crippen molar-refractivity contribution >= 4 is 23.2 Å². The number of nitrogens with zero attached hydrogens (tertiary/aromatic N) is 1. The van der Waals surface area contributed by atoms with E-state index < -0.39 is 0 Å². The highest BCUT2D eigenvalue weighted by atomic mass is 16.5. The Bertz CT molecular complexity index is 652. The molecular weight excluding hydrogens is 354 g/mol. The number of amides is 2. The van der Waals surface area contributed by atoms with Crippen molar-refractivity contribution in [2.75, 3.05) is 43.1 Å². The van der Waals surface area contributed by atoms with Crippen molar-refractivity contribution in [1.29, 1.82) is 0 Å². The number of piperidine rings is 1. The van der Waals surface area contributed by atoms with Crippen molar-refractivity contribution < 1.29 is 14.3 Å². The smallest absolute Gasteiger partial charge is 0.253 e. The van der Waals surface area contributed by atoms with Gasteiger partial charge in [0.25, 0.3) is 5.91 Å². The normalized spacial score (nSPS) is 15.0. The van der Waals surface area contributed by atoms with Crippen LogP contribution < -0.4 is 15.5 Å². The van der Waals surface area contributed by atoms with Crippen LogP contribution in [-0.4, -0.2) is 44.7 Å². The van der Waals surface area contributed by atoms with Gasteiger partial charge in [0.15, 0.2) is 0 Å². The molecule has 0 atom stereocenters. The third kappa shape index (κ3) is 6.51. The average Bonchev–Trinajstić information content (AvgIpc) is 2.68. The summed E-state index contributed by atoms with van der Waals surface area (Å²) in [6, 6.07) is 5.64. The van der Waals surface area contributed by atoms with Gasteiger partial charge >= 0.3 is 0 Å². The van der Waals surface area contributed by atoms with Crippen LogP contribution in [0.2, 0.25) is 0 Å². The minimum Gasteiger partial charge on any atom is -0.382 e. The van der Waals surface area contributed by atoms with Crippen molar-refractivity contribution in [2.45, 2.75) is 47.0 Å². The molecule has 0 saturated carbocycles. The Labute approximate surface area is 169 Å². The van der Waals surface area contributed by atoms with E-state index >= 15 is 0 Å². The third-order valence-corrected chi connectivity index (χ3v) is 5.11. The van der Waals surface area contributed by atoms with Crippen molar-refractivity contribution in [2.24, 2.45) is 11.8 Å². The lowest BCUT2D eigenvalue weighted by molar-refractivity contribution is -0.118. The van der Waals surface area contributed by atoms with Crippen LogP contribution in [0.15, 0.2) is 18.2 Å². The average molecular weight is 390 g/mol. The second kappa shape index (κ2) is 11.1. The molecule has 2 amide bonds. The first-order valence-corrected chi connectivity index (χ1v) is 10.5. The quantitative estimate of drug-likeness (QED) is 0.632. The standard InChI is InChI=1S/C22H35N3O3/c1-5-28-14-6-11-23-22(27)19-15-18(24-21(26)16(2)3)7-8-20(19)25-12-9-17(4)10-13-25/h7-8,15-17H,5-6,9-14H2,1-4H3,(H,23,27)(H,24,26). The molecule has 1 saturated heterocycles. The van der Waals surface area contributed by atoms with Gasteiger partial charge in [0, 0.05) is 50.1 Å². The lowest BCUT2D eigenvalue weighted by Gasteiger charge is -2.33. The molecule has 0 aromatic heterocycles. The fraction of sp³-hybridized carbons (Fsp3) is 0.636. The molecule has 1 aromatic carbocycles. The van der Waals surface area contributed by atoms with Gasteiger partial charge in [-0.2, -0.15) is 0 Å². The van der Waals surface area contributed by atoms with Gasteiger partial charge in [-0.3, -0.25) is 9.59 Å². The van der Waals surface area contributed by atoms with Crippen molar-refractivity contribution in [3.8, 4) is 0 Å². The monoisotopic (exact) mass is 389 g/mol. The number of carbonyl (C=O) groups excluding carboxylic acids is 2. The number of rotatable bonds is 9. The van der Waals surface area contributed by atoms with E-state index in [4.69, 9.17) is 4.74 Å². The molecule has 1 fully saturated rings. The summed E-state index contributed by atoms with van der Waals surface area (Å²) in [6.45, 7) is 11.7. The summed E-state index contributed by atoms with van der Waals surface area (Å²) in [5.74, 6) is 0.448. The van der Waals surface area contributed by atoms with Crippen LogP contribution in [0.25, 0.3) is 0 Å². The molecule has 156 valence electrons. The van der Waals surface area contributed by atoms with Gasteiger partial charge in [0.1, 0.15) is 0 Å². The van der Waals surface area contributed by atoms with Crippen LogP contribution in [-0.2, 0) is 9.53 Å². The number of ether oxygens (including phenoxy) is 1. The molecule has 1 aliphatic rings. The van der Waals surface area contributed by atoms with Crippen LogP contribution in [0, 0.1) is 11.8 Å². The van der Waals surface area contributed by atoms with Gasteiger partial charge in [-0.15, -0.1) is 0 Å². The van der Waals surface area contributed by atoms with Crippen LogP contribution >= 0.6 is 0 Å². The number of hydrogen-bond acceptors (Lipinski definition) is 4. The molecule has 0 aliphatic carbocycles. The number of nitrogens with one attached hydrogen (secondary N) is 2. The summed E-state index contributed by atoms with van der Waals surface area (Å²) in [7, 11) is 0. The first-order chi connectivity index (χ1) is 13.4. The molecule has 1 heterocycles. The Kier molecular flexibility index (Phi) is 8.77. The SMILES string of the molecule is CCOCCCNC(=O)c1cc(NC(=O)C(C)C)ccc1N1CCC(C)CC1. The van der Waals surface area contributed by atoms with Crippen molar-refractivity contribution in [3.63, 3.8) is 0 Å². The summed E-state index contributed by atoms with van der Waals surface area (Å²) in [5.41, 5.74) is 2.22. The number of hydrogen-bond donors (Lipinski definition) is 2. The van der Waals surface area contributed by atoms with E-state index in [9.17, 15) is 9.59 Å². The summed E-state index contributed by atoms with van der Waals surface area (Å²) in [6.07, 6.45) is 3.03. The zero-order chi connectivity index (χ0) is 20.5. The van der Waals surface area contributed by atoms with Crippen molar-refractivity contribution in [3.05, 3.63) is 23.8 Å². The van der Waals surface area contributed by atoms with Gasteiger partial charge < -0.3 is 20.3 Å². The van der Waals surface area contributed by atoms with Crippen molar-refractivity contribution in [1.82, 2.24) is 5.32 Å². The Morgan fingerprint density at radius 3 is 2.61 bits per heavy atom. The highest BCUT2D eigenvalue weighted by molar-refractivity contribution is 6.02. The number of anilines is 2. The molecule has 0 radical (unpaired) electrons. The Morgan fingerprint density at radius 1 is 1.25 bits per heavy atom. The second-order valence-electron chi connectivity index (χ2n) is 7.85. The molecule has 28 heavy (non-hydrogen) atoms. The minimum absolute atomic E-state index is 0.0531. The maximum absolute atomic E-state index is 12.9. The van der Waals surface area contributed by atoms with Gasteiger partial charge in [-0.1, -0.05) is 20.8 Å². The maximum Gasteiger partial charge on any atom is 0.253 e. The molecule has 2 rings (SSSR count). The highest BCUT2D eigenvalue weighted by Crippen LogP contribution is 2.29. The molecular formula is C22H35N3O3. The Hall–Kier alpha value is -2.08. The molecule has 6 heteroatoms. The molecule has 1 aromatic rings. The minimum atomic E-state index is -0.112. The molecule has 0 unspecified atom stereocenters. The molecule has 0 bridgehead atoms. The van der Waals surface area contributed by atoms with Crippen LogP contribution in [0.1, 0.15) is 57.3 Å². The Morgan fingerprint density at radius 2 is 1.96 bits per heavy atom. The summed E-state index contributed by atoms with van der Waals surface area (Å²) in [4.78, 5) is 27.2. The molecule has 1 aliphatic heterocycles. The van der Waals surface area contributed by atoms with Gasteiger partial charge in [-0.25, -0.2) is 0 Å². The number of carbonyl (C=O) groups is 2. The zero-order valence-electron chi connectivity index (χ0n) is 17.7. The molecule has 2 N–H and O–H groups in total. The first-order valence-electron chi connectivity index (χ1n) is 10.5. The fourth-order valence-corrected chi connectivity index (χ4v) is 3.22. The first kappa shape index (κ1) is 22.2. The van der Waals surface area contributed by atoms with E-state index in [0.717, 1.165) is 44.0 Å². The van der Waals surface area contributed by atoms with E-state index in [1.165, 1.54) is 0 Å². The van der Waals surface area contributed by atoms with E-state index in [-0.39, 0.29) is 17.7 Å². The van der Waals surface area contributed by atoms with Gasteiger partial charge in [0.05, 0.1) is 5.56 Å². The molecule has 6 nitrogen and oxygen atoms in total. The van der Waals surface area contributed by atoms with E-state index in [2.05, 4.69) is 22.5 Å². The zero-order valence-corrected chi connectivity index (χ0v) is 17.7. The summed E-state index contributed by atoms with van der Waals surface area (Å²) >= 11 is 0. The fourth-order valence-electron chi connectivity index (χ4n) is 3.22. The largest absolute Gasteiger partial charge is 0.382 e. The van der Waals surface area contributed by atoms with Crippen LogP contribution in [0.4, 0.5) is 11.4 Å². The van der Waals surface area contributed by atoms with Gasteiger partial charge in [0.2, 0.25) is 5.91 Å². The van der Waals surface area contributed by atoms with E-state index in [1.54, 1.807) is 6.07 Å². The predicted molar refractivity (Wildman–Crippen MR) is 114 cm³/mol. The number of benzene rings is 1. The van der Waals surface area contributed by atoms with E-state index in [0.29, 0.717) is 31.0 Å². The second-order valence-corrected chi connectivity index (χ2v) is 7.85. The summed E-state index contributed by atoms with van der Waals surface area (Å²) in [5, 5.41) is 5.89. The molecule has 0 spiro atoms. The third-order valence-electron chi connectivity index (χ3n) is 5.11. The maximum atomic E-state index is 12.9.